The highest BCUT2D eigenvalue weighted by atomic mass is 35.5. The Morgan fingerprint density at radius 3 is 2.94 bits per heavy atom. The Morgan fingerprint density at radius 2 is 2.17 bits per heavy atom. The molecule has 0 radical (unpaired) electrons. The van der Waals surface area contributed by atoms with Crippen molar-refractivity contribution in [3.05, 3.63) is 52.3 Å². The van der Waals surface area contributed by atoms with Gasteiger partial charge in [0.1, 0.15) is 5.82 Å². The van der Waals surface area contributed by atoms with Gasteiger partial charge in [-0.15, -0.1) is 0 Å². The zero-order valence-electron chi connectivity index (χ0n) is 9.02. The number of benzene rings is 1. The number of rotatable bonds is 1. The topological polar surface area (TPSA) is 33.6 Å². The molecule has 90 valence electrons. The summed E-state index contributed by atoms with van der Waals surface area (Å²) in [7, 11) is 0. The van der Waals surface area contributed by atoms with Crippen LogP contribution in [0.15, 0.2) is 36.7 Å². The van der Waals surface area contributed by atoms with Crippen LogP contribution in [0.1, 0.15) is 0 Å². The van der Waals surface area contributed by atoms with Crippen LogP contribution in [-0.2, 0) is 0 Å². The van der Waals surface area contributed by atoms with Crippen LogP contribution in [0, 0.1) is 10.6 Å². The van der Waals surface area contributed by atoms with Crippen molar-refractivity contribution >= 4 is 34.9 Å². The fraction of sp³-hybridized carbons (Fsp3) is 0. The summed E-state index contributed by atoms with van der Waals surface area (Å²) in [5.41, 5.74) is 2.27. The molecule has 1 N–H and O–H groups in total. The Bertz CT molecular complexity index is 793. The third-order valence-electron chi connectivity index (χ3n) is 2.65. The molecule has 0 bridgehead atoms. The van der Waals surface area contributed by atoms with Crippen molar-refractivity contribution in [2.24, 2.45) is 0 Å². The number of halogens is 2. The standard InChI is InChI=1S/C12H7ClFN3S/c13-8-2-1-7(5-9(8)14)17-11-3-4-15-6-10(11)16-12(17)18/h1-6H,(H,16,18). The summed E-state index contributed by atoms with van der Waals surface area (Å²) in [6.07, 6.45) is 3.33. The number of nitrogens with one attached hydrogen (secondary N) is 1. The normalized spacial score (nSPS) is 11.0. The first-order chi connectivity index (χ1) is 8.66. The molecule has 3 rings (SSSR count). The lowest BCUT2D eigenvalue weighted by molar-refractivity contribution is 0.627. The van der Waals surface area contributed by atoms with E-state index >= 15 is 0 Å². The minimum Gasteiger partial charge on any atom is -0.329 e. The first-order valence-electron chi connectivity index (χ1n) is 5.17. The number of hydrogen-bond donors (Lipinski definition) is 1. The number of imidazole rings is 1. The van der Waals surface area contributed by atoms with Gasteiger partial charge in [-0.2, -0.15) is 0 Å². The average molecular weight is 280 g/mol. The van der Waals surface area contributed by atoms with Gasteiger partial charge in [0.05, 0.1) is 27.9 Å². The fourth-order valence-corrected chi connectivity index (χ4v) is 2.27. The summed E-state index contributed by atoms with van der Waals surface area (Å²) in [4.78, 5) is 7.03. The van der Waals surface area contributed by atoms with Crippen molar-refractivity contribution in [3.63, 3.8) is 0 Å². The van der Waals surface area contributed by atoms with E-state index in [0.717, 1.165) is 11.0 Å². The summed E-state index contributed by atoms with van der Waals surface area (Å²) in [6, 6.07) is 6.39. The van der Waals surface area contributed by atoms with Gasteiger partial charge in [-0.05, 0) is 36.5 Å². The number of aromatic amines is 1. The van der Waals surface area contributed by atoms with Crippen LogP contribution in [0.5, 0.6) is 0 Å². The Morgan fingerprint density at radius 1 is 1.33 bits per heavy atom. The first kappa shape index (κ1) is 11.4. The molecule has 0 aliphatic carbocycles. The van der Waals surface area contributed by atoms with Gasteiger partial charge >= 0.3 is 0 Å². The molecule has 3 nitrogen and oxygen atoms in total. The molecule has 0 spiro atoms. The molecule has 3 aromatic rings. The second kappa shape index (κ2) is 4.19. The Labute approximate surface area is 112 Å². The molecule has 0 saturated carbocycles. The van der Waals surface area contributed by atoms with Crippen LogP contribution in [0.25, 0.3) is 16.7 Å². The van der Waals surface area contributed by atoms with E-state index in [0.29, 0.717) is 10.5 Å². The van der Waals surface area contributed by atoms with E-state index in [4.69, 9.17) is 23.8 Å². The number of aromatic nitrogens is 3. The van der Waals surface area contributed by atoms with Gasteiger partial charge in [0.25, 0.3) is 0 Å². The predicted octanol–water partition coefficient (Wildman–Crippen LogP) is 3.88. The quantitative estimate of drug-likeness (QED) is 0.686. The molecule has 0 atom stereocenters. The van der Waals surface area contributed by atoms with Crippen molar-refractivity contribution in [1.29, 1.82) is 0 Å². The van der Waals surface area contributed by atoms with E-state index in [1.807, 2.05) is 6.07 Å². The van der Waals surface area contributed by atoms with Crippen molar-refractivity contribution < 1.29 is 4.39 Å². The molecule has 2 heterocycles. The number of hydrogen-bond acceptors (Lipinski definition) is 2. The highest BCUT2D eigenvalue weighted by molar-refractivity contribution is 7.71. The Kier molecular flexibility index (Phi) is 2.65. The molecular formula is C12H7ClFN3S. The van der Waals surface area contributed by atoms with Crippen LogP contribution in [0.2, 0.25) is 5.02 Å². The minimum atomic E-state index is -0.473. The maximum atomic E-state index is 13.5. The van der Waals surface area contributed by atoms with Crippen LogP contribution >= 0.6 is 23.8 Å². The van der Waals surface area contributed by atoms with E-state index in [1.54, 1.807) is 23.0 Å². The van der Waals surface area contributed by atoms with Gasteiger partial charge in [0.15, 0.2) is 4.77 Å². The largest absolute Gasteiger partial charge is 0.329 e. The molecule has 0 amide bonds. The highest BCUT2D eigenvalue weighted by Gasteiger charge is 2.08. The predicted molar refractivity (Wildman–Crippen MR) is 71.2 cm³/mol. The Balaban J connectivity index is 2.34. The third kappa shape index (κ3) is 1.72. The van der Waals surface area contributed by atoms with E-state index in [-0.39, 0.29) is 5.02 Å². The molecular weight excluding hydrogens is 273 g/mol. The molecule has 1 aromatic carbocycles. The number of fused-ring (bicyclic) bond motifs is 1. The molecule has 6 heteroatoms. The lowest BCUT2D eigenvalue weighted by Crippen LogP contribution is -1.95. The fourth-order valence-electron chi connectivity index (χ4n) is 1.84. The monoisotopic (exact) mass is 279 g/mol. The van der Waals surface area contributed by atoms with E-state index in [2.05, 4.69) is 9.97 Å². The lowest BCUT2D eigenvalue weighted by atomic mass is 10.3. The van der Waals surface area contributed by atoms with Crippen molar-refractivity contribution in [2.75, 3.05) is 0 Å². The van der Waals surface area contributed by atoms with Gasteiger partial charge in [-0.3, -0.25) is 9.55 Å². The van der Waals surface area contributed by atoms with Crippen molar-refractivity contribution in [1.82, 2.24) is 14.5 Å². The number of H-pyrrole nitrogens is 1. The molecule has 18 heavy (non-hydrogen) atoms. The second-order valence-corrected chi connectivity index (χ2v) is 4.55. The summed E-state index contributed by atoms with van der Waals surface area (Å²) in [5.74, 6) is -0.473. The van der Waals surface area contributed by atoms with E-state index in [1.165, 1.54) is 12.1 Å². The van der Waals surface area contributed by atoms with E-state index in [9.17, 15) is 4.39 Å². The summed E-state index contributed by atoms with van der Waals surface area (Å²) < 4.78 is 15.7. The number of pyridine rings is 1. The highest BCUT2D eigenvalue weighted by Crippen LogP contribution is 2.22. The molecule has 0 aliphatic heterocycles. The molecule has 0 aliphatic rings. The SMILES string of the molecule is Fc1cc(-n2c(=S)[nH]c3cnccc32)ccc1Cl. The Hall–Kier alpha value is -1.72. The molecule has 2 aromatic heterocycles. The van der Waals surface area contributed by atoms with Gasteiger partial charge in [0.2, 0.25) is 0 Å². The second-order valence-electron chi connectivity index (χ2n) is 3.76. The zero-order chi connectivity index (χ0) is 12.7. The zero-order valence-corrected chi connectivity index (χ0v) is 10.6. The number of nitrogens with zero attached hydrogens (tertiary/aromatic N) is 2. The van der Waals surface area contributed by atoms with E-state index < -0.39 is 5.82 Å². The van der Waals surface area contributed by atoms with Crippen LogP contribution in [0.4, 0.5) is 4.39 Å². The maximum Gasteiger partial charge on any atom is 0.182 e. The lowest BCUT2D eigenvalue weighted by Gasteiger charge is -2.05. The van der Waals surface area contributed by atoms with Crippen molar-refractivity contribution in [2.45, 2.75) is 0 Å². The van der Waals surface area contributed by atoms with Gasteiger partial charge in [0, 0.05) is 6.20 Å². The third-order valence-corrected chi connectivity index (χ3v) is 3.24. The van der Waals surface area contributed by atoms with Crippen LogP contribution in [0.3, 0.4) is 0 Å². The van der Waals surface area contributed by atoms with Crippen LogP contribution in [-0.4, -0.2) is 14.5 Å². The minimum absolute atomic E-state index is 0.0896. The van der Waals surface area contributed by atoms with Gasteiger partial charge in [-0.25, -0.2) is 4.39 Å². The maximum absolute atomic E-state index is 13.5. The van der Waals surface area contributed by atoms with Gasteiger partial charge in [-0.1, -0.05) is 11.6 Å². The summed E-state index contributed by atoms with van der Waals surface area (Å²) in [5, 5.41) is 0.0896. The summed E-state index contributed by atoms with van der Waals surface area (Å²) >= 11 is 10.9. The molecule has 0 fully saturated rings. The van der Waals surface area contributed by atoms with Crippen LogP contribution < -0.4 is 0 Å². The molecule has 0 unspecified atom stereocenters. The smallest absolute Gasteiger partial charge is 0.182 e. The molecule has 0 saturated heterocycles. The van der Waals surface area contributed by atoms with Crippen molar-refractivity contribution in [3.8, 4) is 5.69 Å². The van der Waals surface area contributed by atoms with Gasteiger partial charge < -0.3 is 4.98 Å². The first-order valence-corrected chi connectivity index (χ1v) is 5.95. The average Bonchev–Trinajstić information content (AvgIpc) is 2.69. The summed E-state index contributed by atoms with van der Waals surface area (Å²) in [6.45, 7) is 0.